The summed E-state index contributed by atoms with van der Waals surface area (Å²) < 4.78 is 6.50. The molecule has 0 aromatic carbocycles. The zero-order valence-corrected chi connectivity index (χ0v) is 11.1. The van der Waals surface area contributed by atoms with Crippen LogP contribution >= 0.6 is 0 Å². The van der Waals surface area contributed by atoms with Crippen LogP contribution < -0.4 is 5.32 Å². The van der Waals surface area contributed by atoms with E-state index in [-0.39, 0.29) is 0 Å². The van der Waals surface area contributed by atoms with Crippen molar-refractivity contribution in [2.75, 3.05) is 12.4 Å². The molecule has 0 aliphatic carbocycles. The molecular formula is C13H13N5O2. The lowest BCUT2D eigenvalue weighted by atomic mass is 10.00. The molecule has 7 heteroatoms. The van der Waals surface area contributed by atoms with Crippen LogP contribution in [0.15, 0.2) is 42.0 Å². The van der Waals surface area contributed by atoms with E-state index in [4.69, 9.17) is 4.74 Å². The number of hydrogen-bond acceptors (Lipinski definition) is 6. The van der Waals surface area contributed by atoms with Gasteiger partial charge in [-0.25, -0.2) is 9.48 Å². The minimum atomic E-state index is -0.442. The van der Waals surface area contributed by atoms with Gasteiger partial charge in [0.2, 0.25) is 5.95 Å². The van der Waals surface area contributed by atoms with Crippen LogP contribution in [0.5, 0.6) is 0 Å². The van der Waals surface area contributed by atoms with Gasteiger partial charge in [-0.15, -0.1) is 0 Å². The van der Waals surface area contributed by atoms with E-state index < -0.39 is 12.0 Å². The first kappa shape index (κ1) is 12.3. The molecule has 0 saturated heterocycles. The molecule has 3 rings (SSSR count). The van der Waals surface area contributed by atoms with E-state index in [1.807, 2.05) is 18.2 Å². The molecule has 1 aliphatic rings. The summed E-state index contributed by atoms with van der Waals surface area (Å²) in [6.07, 6.45) is 3.12. The topological polar surface area (TPSA) is 81.9 Å². The van der Waals surface area contributed by atoms with Crippen molar-refractivity contribution in [3.63, 3.8) is 0 Å². The van der Waals surface area contributed by atoms with E-state index in [2.05, 4.69) is 20.4 Å². The van der Waals surface area contributed by atoms with E-state index in [0.29, 0.717) is 22.9 Å². The Balaban J connectivity index is 2.19. The van der Waals surface area contributed by atoms with Gasteiger partial charge in [0.05, 0.1) is 18.4 Å². The second kappa shape index (κ2) is 4.76. The summed E-state index contributed by atoms with van der Waals surface area (Å²) in [5.41, 5.74) is 1.87. The molecule has 1 aliphatic heterocycles. The first-order valence-electron chi connectivity index (χ1n) is 6.09. The van der Waals surface area contributed by atoms with Gasteiger partial charge in [-0.3, -0.25) is 4.98 Å². The minimum Gasteiger partial charge on any atom is -0.466 e. The fourth-order valence-electron chi connectivity index (χ4n) is 2.28. The molecule has 0 radical (unpaired) electrons. The summed E-state index contributed by atoms with van der Waals surface area (Å²) in [5.74, 6) is 0.164. The number of ether oxygens (including phenoxy) is 1. The number of hydrogen-bond donors (Lipinski definition) is 1. The van der Waals surface area contributed by atoms with Crippen LogP contribution in [-0.4, -0.2) is 32.8 Å². The molecule has 3 heterocycles. The molecule has 0 spiro atoms. The summed E-state index contributed by atoms with van der Waals surface area (Å²) in [7, 11) is 1.36. The number of allylic oxidation sites excluding steroid dienone is 1. The van der Waals surface area contributed by atoms with Crippen molar-refractivity contribution < 1.29 is 9.53 Å². The van der Waals surface area contributed by atoms with Gasteiger partial charge in [0.1, 0.15) is 12.4 Å². The number of rotatable bonds is 2. The number of fused-ring (bicyclic) bond motifs is 1. The number of esters is 1. The number of pyridine rings is 1. The third kappa shape index (κ3) is 1.83. The molecule has 0 saturated carbocycles. The lowest BCUT2D eigenvalue weighted by Crippen LogP contribution is -2.29. The molecule has 1 N–H and O–H groups in total. The fourth-order valence-corrected chi connectivity index (χ4v) is 2.28. The minimum absolute atomic E-state index is 0.410. The molecule has 0 unspecified atom stereocenters. The monoisotopic (exact) mass is 271 g/mol. The summed E-state index contributed by atoms with van der Waals surface area (Å²) in [5, 5.41) is 7.22. The highest BCUT2D eigenvalue weighted by molar-refractivity contribution is 5.92. The Morgan fingerprint density at radius 2 is 2.25 bits per heavy atom. The number of nitrogens with zero attached hydrogens (tertiary/aromatic N) is 4. The molecule has 0 bridgehead atoms. The zero-order chi connectivity index (χ0) is 14.1. The quantitative estimate of drug-likeness (QED) is 0.825. The second-order valence-corrected chi connectivity index (χ2v) is 4.34. The van der Waals surface area contributed by atoms with Crippen LogP contribution in [-0.2, 0) is 9.53 Å². The molecule has 1 atom stereocenters. The third-order valence-corrected chi connectivity index (χ3v) is 3.17. The molecule has 102 valence electrons. The van der Waals surface area contributed by atoms with Gasteiger partial charge >= 0.3 is 5.97 Å². The van der Waals surface area contributed by atoms with Gasteiger partial charge < -0.3 is 10.1 Å². The van der Waals surface area contributed by atoms with Crippen molar-refractivity contribution >= 4 is 11.9 Å². The normalized spacial score (nSPS) is 17.4. The SMILES string of the molecule is COC(=O)C1=C(C)Nc2ncnn2[C@@H]1c1ccccn1. The predicted molar refractivity (Wildman–Crippen MR) is 70.7 cm³/mol. The average Bonchev–Trinajstić information content (AvgIpc) is 2.93. The smallest absolute Gasteiger partial charge is 0.338 e. The zero-order valence-electron chi connectivity index (χ0n) is 11.1. The molecule has 7 nitrogen and oxygen atoms in total. The van der Waals surface area contributed by atoms with Crippen LogP contribution in [0.3, 0.4) is 0 Å². The molecule has 20 heavy (non-hydrogen) atoms. The molecule has 0 amide bonds. The summed E-state index contributed by atoms with van der Waals surface area (Å²) in [6.45, 7) is 1.81. The summed E-state index contributed by atoms with van der Waals surface area (Å²) >= 11 is 0. The summed E-state index contributed by atoms with van der Waals surface area (Å²) in [6, 6.07) is 5.09. The van der Waals surface area contributed by atoms with Crippen LogP contribution in [0, 0.1) is 0 Å². The van der Waals surface area contributed by atoms with Gasteiger partial charge in [-0.1, -0.05) is 6.07 Å². The van der Waals surface area contributed by atoms with Gasteiger partial charge in [-0.05, 0) is 19.1 Å². The van der Waals surface area contributed by atoms with E-state index >= 15 is 0 Å². The number of nitrogens with one attached hydrogen (secondary N) is 1. The highest BCUT2D eigenvalue weighted by atomic mass is 16.5. The van der Waals surface area contributed by atoms with E-state index in [9.17, 15) is 4.79 Å². The maximum absolute atomic E-state index is 12.1. The lowest BCUT2D eigenvalue weighted by Gasteiger charge is -2.27. The van der Waals surface area contributed by atoms with Gasteiger partial charge in [-0.2, -0.15) is 10.1 Å². The number of carbonyl (C=O) groups is 1. The number of anilines is 1. The maximum Gasteiger partial charge on any atom is 0.338 e. The first-order chi connectivity index (χ1) is 9.72. The second-order valence-electron chi connectivity index (χ2n) is 4.34. The maximum atomic E-state index is 12.1. The van der Waals surface area contributed by atoms with Crippen molar-refractivity contribution in [2.24, 2.45) is 0 Å². The van der Waals surface area contributed by atoms with Crippen LogP contribution in [0.2, 0.25) is 0 Å². The number of methoxy groups -OCH3 is 1. The van der Waals surface area contributed by atoms with Crippen molar-refractivity contribution in [3.05, 3.63) is 47.7 Å². The van der Waals surface area contributed by atoms with Crippen LogP contribution in [0.4, 0.5) is 5.95 Å². The van der Waals surface area contributed by atoms with Crippen molar-refractivity contribution in [1.29, 1.82) is 0 Å². The Kier molecular flexibility index (Phi) is 2.94. The van der Waals surface area contributed by atoms with Gasteiger partial charge in [0.15, 0.2) is 0 Å². The van der Waals surface area contributed by atoms with Crippen molar-refractivity contribution in [3.8, 4) is 0 Å². The van der Waals surface area contributed by atoms with Gasteiger partial charge in [0, 0.05) is 11.9 Å². The fraction of sp³-hybridized carbons (Fsp3) is 0.231. The first-order valence-corrected chi connectivity index (χ1v) is 6.09. The highest BCUT2D eigenvalue weighted by Gasteiger charge is 2.34. The molecule has 2 aromatic heterocycles. The Hall–Kier alpha value is -2.70. The van der Waals surface area contributed by atoms with E-state index in [0.717, 1.165) is 0 Å². The predicted octanol–water partition coefficient (Wildman–Crippen LogP) is 1.13. The third-order valence-electron chi connectivity index (χ3n) is 3.17. The Labute approximate surface area is 115 Å². The summed E-state index contributed by atoms with van der Waals surface area (Å²) in [4.78, 5) is 20.5. The van der Waals surface area contributed by atoms with E-state index in [1.165, 1.54) is 13.4 Å². The lowest BCUT2D eigenvalue weighted by molar-refractivity contribution is -0.136. The molecular weight excluding hydrogens is 258 g/mol. The number of carbonyl (C=O) groups excluding carboxylic acids is 1. The van der Waals surface area contributed by atoms with Crippen molar-refractivity contribution in [2.45, 2.75) is 13.0 Å². The Morgan fingerprint density at radius 3 is 2.95 bits per heavy atom. The average molecular weight is 271 g/mol. The standard InChI is InChI=1S/C13H13N5O2/c1-8-10(12(19)20-2)11(9-5-3-4-6-14-9)18-13(17-8)15-7-16-18/h3-7,11H,1-2H3,(H,15,16,17)/t11-/m1/s1. The largest absolute Gasteiger partial charge is 0.466 e. The Bertz CT molecular complexity index is 677. The van der Waals surface area contributed by atoms with Crippen molar-refractivity contribution in [1.82, 2.24) is 19.7 Å². The van der Waals surface area contributed by atoms with Crippen LogP contribution in [0.1, 0.15) is 18.7 Å². The van der Waals surface area contributed by atoms with Crippen LogP contribution in [0.25, 0.3) is 0 Å². The highest BCUT2D eigenvalue weighted by Crippen LogP contribution is 2.33. The van der Waals surface area contributed by atoms with E-state index in [1.54, 1.807) is 17.8 Å². The molecule has 0 fully saturated rings. The Morgan fingerprint density at radius 1 is 1.40 bits per heavy atom. The molecule has 2 aromatic rings. The number of aromatic nitrogens is 4. The van der Waals surface area contributed by atoms with Gasteiger partial charge in [0.25, 0.3) is 0 Å².